The second-order valence-corrected chi connectivity index (χ2v) is 7.71. The molecule has 0 unspecified atom stereocenters. The molecule has 0 saturated heterocycles. The first-order valence-corrected chi connectivity index (χ1v) is 8.15. The summed E-state index contributed by atoms with van der Waals surface area (Å²) in [6, 6.07) is 7.20. The molecule has 0 spiro atoms. The maximum Gasteiger partial charge on any atom is 0.134 e. The van der Waals surface area contributed by atoms with Crippen LogP contribution in [0, 0.1) is 0 Å². The predicted octanol–water partition coefficient (Wildman–Crippen LogP) is 5.11. The summed E-state index contributed by atoms with van der Waals surface area (Å²) in [5.41, 5.74) is 4.08. The molecule has 0 radical (unpaired) electrons. The standard InChI is InChI=1S/C19H27NO/c1-12(2)20-11-17-18(13-6-7-13)15-10-14(19(3,4)5)8-9-16(15)21-17/h8-10,12-13,20H,6-7,11H2,1-5H3. The van der Waals surface area contributed by atoms with Crippen LogP contribution in [-0.2, 0) is 12.0 Å². The Morgan fingerprint density at radius 3 is 2.52 bits per heavy atom. The zero-order valence-electron chi connectivity index (χ0n) is 13.9. The van der Waals surface area contributed by atoms with Gasteiger partial charge in [0.2, 0.25) is 0 Å². The van der Waals surface area contributed by atoms with Gasteiger partial charge in [-0.25, -0.2) is 0 Å². The Morgan fingerprint density at radius 1 is 1.24 bits per heavy atom. The van der Waals surface area contributed by atoms with E-state index in [2.05, 4.69) is 58.1 Å². The van der Waals surface area contributed by atoms with Crippen LogP contribution >= 0.6 is 0 Å². The van der Waals surface area contributed by atoms with Gasteiger partial charge in [-0.1, -0.05) is 40.7 Å². The van der Waals surface area contributed by atoms with Gasteiger partial charge in [0.05, 0.1) is 6.54 Å². The molecule has 1 heterocycles. The number of hydrogen-bond acceptors (Lipinski definition) is 2. The summed E-state index contributed by atoms with van der Waals surface area (Å²) in [7, 11) is 0. The van der Waals surface area contributed by atoms with Crippen molar-refractivity contribution in [1.82, 2.24) is 5.32 Å². The molecule has 0 atom stereocenters. The highest BCUT2D eigenvalue weighted by molar-refractivity contribution is 5.84. The van der Waals surface area contributed by atoms with Crippen molar-refractivity contribution in [2.45, 2.75) is 71.4 Å². The average Bonchev–Trinajstić information content (AvgIpc) is 3.15. The molecule has 1 N–H and O–H groups in total. The lowest BCUT2D eigenvalue weighted by Gasteiger charge is -2.18. The molecule has 0 aliphatic heterocycles. The van der Waals surface area contributed by atoms with Crippen LogP contribution < -0.4 is 5.32 Å². The molecule has 2 aromatic rings. The van der Waals surface area contributed by atoms with Crippen LogP contribution in [-0.4, -0.2) is 6.04 Å². The van der Waals surface area contributed by atoms with E-state index in [0.717, 1.165) is 17.9 Å². The van der Waals surface area contributed by atoms with E-state index in [1.54, 1.807) is 0 Å². The topological polar surface area (TPSA) is 25.2 Å². The molecule has 3 rings (SSSR count). The van der Waals surface area contributed by atoms with Gasteiger partial charge in [-0.15, -0.1) is 0 Å². The van der Waals surface area contributed by atoms with Gasteiger partial charge in [0.15, 0.2) is 0 Å². The fourth-order valence-corrected chi connectivity index (χ4v) is 2.88. The van der Waals surface area contributed by atoms with E-state index < -0.39 is 0 Å². The van der Waals surface area contributed by atoms with Gasteiger partial charge in [-0.05, 0) is 41.9 Å². The van der Waals surface area contributed by atoms with Crippen molar-refractivity contribution in [3.8, 4) is 0 Å². The molecule has 1 fully saturated rings. The molecule has 21 heavy (non-hydrogen) atoms. The average molecular weight is 285 g/mol. The molecule has 2 nitrogen and oxygen atoms in total. The zero-order valence-corrected chi connectivity index (χ0v) is 13.9. The Morgan fingerprint density at radius 2 is 1.95 bits per heavy atom. The number of nitrogens with one attached hydrogen (secondary N) is 1. The molecule has 1 aliphatic rings. The highest BCUT2D eigenvalue weighted by Gasteiger charge is 2.31. The first-order chi connectivity index (χ1) is 9.86. The van der Waals surface area contributed by atoms with Crippen molar-refractivity contribution in [1.29, 1.82) is 0 Å². The van der Waals surface area contributed by atoms with E-state index in [1.165, 1.54) is 29.4 Å². The van der Waals surface area contributed by atoms with Gasteiger partial charge in [0.25, 0.3) is 0 Å². The third kappa shape index (κ3) is 3.01. The molecular formula is C19H27NO. The van der Waals surface area contributed by atoms with E-state index >= 15 is 0 Å². The van der Waals surface area contributed by atoms with Crippen LogP contribution in [0.25, 0.3) is 11.0 Å². The minimum Gasteiger partial charge on any atom is -0.459 e. The Labute approximate surface area is 127 Å². The summed E-state index contributed by atoms with van der Waals surface area (Å²) in [5.74, 6) is 1.86. The molecule has 1 saturated carbocycles. The lowest BCUT2D eigenvalue weighted by molar-refractivity contribution is 0.483. The van der Waals surface area contributed by atoms with Crippen molar-refractivity contribution in [2.75, 3.05) is 0 Å². The van der Waals surface area contributed by atoms with Gasteiger partial charge in [0, 0.05) is 17.0 Å². The van der Waals surface area contributed by atoms with E-state index in [4.69, 9.17) is 4.42 Å². The SMILES string of the molecule is CC(C)NCc1oc2ccc(C(C)(C)C)cc2c1C1CC1. The van der Waals surface area contributed by atoms with Crippen molar-refractivity contribution >= 4 is 11.0 Å². The van der Waals surface area contributed by atoms with Gasteiger partial charge < -0.3 is 9.73 Å². The monoisotopic (exact) mass is 285 g/mol. The largest absolute Gasteiger partial charge is 0.459 e. The first-order valence-electron chi connectivity index (χ1n) is 8.15. The fraction of sp³-hybridized carbons (Fsp3) is 0.579. The predicted molar refractivity (Wildman–Crippen MR) is 88.9 cm³/mol. The van der Waals surface area contributed by atoms with Crippen molar-refractivity contribution in [3.05, 3.63) is 35.1 Å². The maximum atomic E-state index is 6.16. The minimum atomic E-state index is 0.183. The van der Waals surface area contributed by atoms with Crippen molar-refractivity contribution in [2.24, 2.45) is 0 Å². The number of furan rings is 1. The summed E-state index contributed by atoms with van der Waals surface area (Å²) in [6.45, 7) is 12.0. The van der Waals surface area contributed by atoms with Gasteiger partial charge >= 0.3 is 0 Å². The second-order valence-electron chi connectivity index (χ2n) is 7.71. The summed E-state index contributed by atoms with van der Waals surface area (Å²) in [6.07, 6.45) is 2.62. The van der Waals surface area contributed by atoms with Gasteiger partial charge in [0.1, 0.15) is 11.3 Å². The molecule has 114 valence electrons. The van der Waals surface area contributed by atoms with Gasteiger partial charge in [-0.3, -0.25) is 0 Å². The summed E-state index contributed by atoms with van der Waals surface area (Å²) in [5, 5.41) is 4.84. The Bertz CT molecular complexity index is 641. The van der Waals surface area contributed by atoms with Crippen LogP contribution in [0.3, 0.4) is 0 Å². The third-order valence-electron chi connectivity index (χ3n) is 4.33. The first kappa shape index (κ1) is 14.6. The van der Waals surface area contributed by atoms with E-state index in [1.807, 2.05) is 0 Å². The van der Waals surface area contributed by atoms with Crippen LogP contribution in [0.5, 0.6) is 0 Å². The van der Waals surface area contributed by atoms with E-state index in [0.29, 0.717) is 12.0 Å². The highest BCUT2D eigenvalue weighted by Crippen LogP contribution is 2.46. The van der Waals surface area contributed by atoms with E-state index in [-0.39, 0.29) is 5.41 Å². The third-order valence-corrected chi connectivity index (χ3v) is 4.33. The summed E-state index contributed by atoms with van der Waals surface area (Å²) >= 11 is 0. The lowest BCUT2D eigenvalue weighted by atomic mass is 9.86. The molecule has 1 aliphatic carbocycles. The van der Waals surface area contributed by atoms with Crippen molar-refractivity contribution < 1.29 is 4.42 Å². The normalized spacial score (nSPS) is 16.1. The molecule has 2 heteroatoms. The quantitative estimate of drug-likeness (QED) is 0.845. The minimum absolute atomic E-state index is 0.183. The Balaban J connectivity index is 2.06. The van der Waals surface area contributed by atoms with Crippen molar-refractivity contribution in [3.63, 3.8) is 0 Å². The van der Waals surface area contributed by atoms with Gasteiger partial charge in [-0.2, -0.15) is 0 Å². The highest BCUT2D eigenvalue weighted by atomic mass is 16.3. The van der Waals surface area contributed by atoms with Crippen LogP contribution in [0.1, 0.15) is 70.3 Å². The smallest absolute Gasteiger partial charge is 0.134 e. The number of hydrogen-bond donors (Lipinski definition) is 1. The zero-order chi connectivity index (χ0) is 15.2. The van der Waals surface area contributed by atoms with Crippen LogP contribution in [0.2, 0.25) is 0 Å². The molecule has 0 amide bonds. The number of benzene rings is 1. The molecule has 1 aromatic heterocycles. The van der Waals surface area contributed by atoms with Crippen LogP contribution in [0.4, 0.5) is 0 Å². The summed E-state index contributed by atoms with van der Waals surface area (Å²) < 4.78 is 6.16. The van der Waals surface area contributed by atoms with Crippen LogP contribution in [0.15, 0.2) is 22.6 Å². The lowest BCUT2D eigenvalue weighted by Crippen LogP contribution is -2.22. The maximum absolute atomic E-state index is 6.16. The molecule has 0 bridgehead atoms. The second kappa shape index (κ2) is 5.17. The molecular weight excluding hydrogens is 258 g/mol. The number of fused-ring (bicyclic) bond motifs is 1. The van der Waals surface area contributed by atoms with E-state index in [9.17, 15) is 0 Å². The Hall–Kier alpha value is -1.28. The fourth-order valence-electron chi connectivity index (χ4n) is 2.88. The molecule has 1 aromatic carbocycles. The number of rotatable bonds is 4. The Kier molecular flexibility index (Phi) is 3.61. The summed E-state index contributed by atoms with van der Waals surface area (Å²) in [4.78, 5) is 0.